The quantitative estimate of drug-likeness (QED) is 0.260. The van der Waals surface area contributed by atoms with Crippen molar-refractivity contribution >= 4 is 34.5 Å². The van der Waals surface area contributed by atoms with E-state index in [0.717, 1.165) is 17.7 Å². The molecule has 4 N–H and O–H groups in total. The van der Waals surface area contributed by atoms with E-state index in [4.69, 9.17) is 10.2 Å². The third-order valence-electron chi connectivity index (χ3n) is 4.45. The molecule has 2 aromatic carbocycles. The second kappa shape index (κ2) is 9.44. The molecule has 31 heavy (non-hydrogen) atoms. The number of H-pyrrole nitrogens is 1. The smallest absolute Gasteiger partial charge is 0.408 e. The summed E-state index contributed by atoms with van der Waals surface area (Å²) in [6.07, 6.45) is -2.48. The molecule has 0 unspecified atom stereocenters. The second-order valence-corrected chi connectivity index (χ2v) is 7.47. The van der Waals surface area contributed by atoms with Crippen molar-refractivity contribution in [2.24, 2.45) is 10.7 Å². The van der Waals surface area contributed by atoms with Crippen LogP contribution < -0.4 is 16.8 Å². The zero-order valence-electron chi connectivity index (χ0n) is 16.5. The molecule has 0 bridgehead atoms. The Morgan fingerprint density at radius 3 is 2.84 bits per heavy atom. The maximum atomic E-state index is 12.8. The van der Waals surface area contributed by atoms with Gasteiger partial charge in [-0.05, 0) is 42.7 Å². The molecule has 0 fully saturated rings. The number of aliphatic imine (C=N–C) groups is 1. The number of nitrogens with zero attached hydrogens (tertiary/aromatic N) is 1. The number of nitrogens with one attached hydrogen (secondary N) is 2. The predicted octanol–water partition coefficient (Wildman–Crippen LogP) is 3.95. The lowest BCUT2D eigenvalue weighted by molar-refractivity contribution is -0.137. The average molecular weight is 450 g/mol. The van der Waals surface area contributed by atoms with E-state index in [2.05, 4.69) is 27.9 Å². The van der Waals surface area contributed by atoms with Crippen LogP contribution in [0.25, 0.3) is 16.0 Å². The van der Waals surface area contributed by atoms with Crippen molar-refractivity contribution in [2.45, 2.75) is 25.6 Å². The van der Waals surface area contributed by atoms with Crippen LogP contribution in [0.5, 0.6) is 0 Å². The van der Waals surface area contributed by atoms with Gasteiger partial charge >= 0.3 is 11.9 Å². The largest absolute Gasteiger partial charge is 0.417 e. The predicted molar refractivity (Wildman–Crippen MR) is 118 cm³/mol. The number of rotatable bonds is 6. The average Bonchev–Trinajstić information content (AvgIpc) is 3.09. The van der Waals surface area contributed by atoms with E-state index in [9.17, 15) is 18.0 Å². The highest BCUT2D eigenvalue weighted by Crippen LogP contribution is 2.29. The molecular formula is C21H21F3N4O2S. The summed E-state index contributed by atoms with van der Waals surface area (Å²) in [5.41, 5.74) is 7.60. The first kappa shape index (κ1) is 22.7. The lowest BCUT2D eigenvalue weighted by Gasteiger charge is -2.12. The van der Waals surface area contributed by atoms with E-state index in [1.54, 1.807) is 37.4 Å². The van der Waals surface area contributed by atoms with Crippen molar-refractivity contribution in [3.63, 3.8) is 0 Å². The minimum absolute atomic E-state index is 0.241. The van der Waals surface area contributed by atoms with Crippen molar-refractivity contribution in [2.75, 3.05) is 6.54 Å². The van der Waals surface area contributed by atoms with E-state index < -0.39 is 23.5 Å². The van der Waals surface area contributed by atoms with Gasteiger partial charge in [0.1, 0.15) is 0 Å². The van der Waals surface area contributed by atoms with Crippen molar-refractivity contribution in [3.8, 4) is 0 Å². The number of benzene rings is 2. The van der Waals surface area contributed by atoms with Gasteiger partial charge < -0.3 is 15.5 Å². The van der Waals surface area contributed by atoms with Crippen LogP contribution in [0.2, 0.25) is 0 Å². The van der Waals surface area contributed by atoms with Crippen LogP contribution in [0.1, 0.15) is 23.6 Å². The number of alkyl halides is 3. The molecule has 0 aliphatic carbocycles. The Hall–Kier alpha value is -2.98. The third-order valence-corrected chi connectivity index (χ3v) is 4.84. The van der Waals surface area contributed by atoms with Gasteiger partial charge in [-0.2, -0.15) is 13.2 Å². The summed E-state index contributed by atoms with van der Waals surface area (Å²) in [4.78, 5) is 18.7. The Bertz CT molecular complexity index is 1180. The molecule has 3 aromatic rings. The van der Waals surface area contributed by atoms with E-state index in [-0.39, 0.29) is 13.0 Å². The normalized spacial score (nSPS) is 14.1. The standard InChI is InChI=1S/C21H21F3N4O2S/c1-12(26-10-16(25)8-13-3-2-4-15(7-13)21(22,23)24)27-11-19(31)14-5-6-17-18(9-14)30-20(29)28-17/h2-7,9,11,16,31H,8,10,25H2,1H3,(H,26,27)(H,28,29)/b19-11-/t16-/m0/s1. The SMILES string of the molecule is CC(=NC[C@@H](N)Cc1cccc(C(F)(F)F)c1)N/C=C(\S)c1ccc2[nH]c(=O)oc2c1. The lowest BCUT2D eigenvalue weighted by atomic mass is 10.0. The number of thiol groups is 1. The molecule has 0 aliphatic rings. The highest BCUT2D eigenvalue weighted by Gasteiger charge is 2.30. The fourth-order valence-corrected chi connectivity index (χ4v) is 3.11. The number of halogens is 3. The Morgan fingerprint density at radius 1 is 1.32 bits per heavy atom. The van der Waals surface area contributed by atoms with Gasteiger partial charge in [0.15, 0.2) is 5.58 Å². The Morgan fingerprint density at radius 2 is 2.10 bits per heavy atom. The molecule has 10 heteroatoms. The first-order chi connectivity index (χ1) is 14.6. The number of nitrogens with two attached hydrogens (primary N) is 1. The molecule has 0 saturated heterocycles. The number of hydrogen-bond donors (Lipinski definition) is 4. The van der Waals surface area contributed by atoms with Crippen LogP contribution in [0.4, 0.5) is 13.2 Å². The first-order valence-corrected chi connectivity index (χ1v) is 9.78. The molecule has 164 valence electrons. The highest BCUT2D eigenvalue weighted by atomic mass is 32.1. The highest BCUT2D eigenvalue weighted by molar-refractivity contribution is 7.90. The molecule has 0 amide bonds. The number of amidine groups is 1. The minimum atomic E-state index is -4.38. The van der Waals surface area contributed by atoms with Crippen LogP contribution in [-0.2, 0) is 12.6 Å². The van der Waals surface area contributed by atoms with Gasteiger partial charge in [-0.25, -0.2) is 4.79 Å². The van der Waals surface area contributed by atoms with Crippen LogP contribution in [0.3, 0.4) is 0 Å². The molecular weight excluding hydrogens is 429 g/mol. The van der Waals surface area contributed by atoms with Gasteiger partial charge in [0.05, 0.1) is 23.5 Å². The van der Waals surface area contributed by atoms with Gasteiger partial charge in [-0.15, -0.1) is 12.6 Å². The first-order valence-electron chi connectivity index (χ1n) is 9.33. The number of aromatic amines is 1. The van der Waals surface area contributed by atoms with Crippen LogP contribution >= 0.6 is 12.6 Å². The summed E-state index contributed by atoms with van der Waals surface area (Å²) in [7, 11) is 0. The molecule has 1 heterocycles. The monoisotopic (exact) mass is 450 g/mol. The summed E-state index contributed by atoms with van der Waals surface area (Å²) in [6, 6.07) is 9.88. The summed E-state index contributed by atoms with van der Waals surface area (Å²) in [5.74, 6) is 0.0414. The van der Waals surface area contributed by atoms with Gasteiger partial charge in [0.25, 0.3) is 0 Å². The Labute approximate surface area is 181 Å². The maximum Gasteiger partial charge on any atom is 0.417 e. The van der Waals surface area contributed by atoms with E-state index >= 15 is 0 Å². The van der Waals surface area contributed by atoms with Gasteiger partial charge in [-0.1, -0.05) is 24.3 Å². The molecule has 6 nitrogen and oxygen atoms in total. The van der Waals surface area contributed by atoms with Crippen LogP contribution in [-0.4, -0.2) is 23.4 Å². The van der Waals surface area contributed by atoms with E-state index in [1.165, 1.54) is 6.07 Å². The van der Waals surface area contributed by atoms with E-state index in [0.29, 0.717) is 27.4 Å². The summed E-state index contributed by atoms with van der Waals surface area (Å²) >= 11 is 4.43. The molecule has 1 atom stereocenters. The molecule has 0 radical (unpaired) electrons. The minimum Gasteiger partial charge on any atom is -0.408 e. The van der Waals surface area contributed by atoms with Crippen LogP contribution in [0.15, 0.2) is 62.9 Å². The number of fused-ring (bicyclic) bond motifs is 1. The van der Waals surface area contributed by atoms with Crippen molar-refractivity contribution in [3.05, 3.63) is 75.9 Å². The zero-order valence-corrected chi connectivity index (χ0v) is 17.4. The Kier molecular flexibility index (Phi) is 6.91. The second-order valence-electron chi connectivity index (χ2n) is 6.99. The molecule has 1 aromatic heterocycles. The summed E-state index contributed by atoms with van der Waals surface area (Å²) < 4.78 is 43.5. The number of oxazole rings is 1. The molecule has 0 saturated carbocycles. The fourth-order valence-electron chi connectivity index (χ4n) is 2.90. The fraction of sp³-hybridized carbons (Fsp3) is 0.238. The van der Waals surface area contributed by atoms with Gasteiger partial charge in [0, 0.05) is 17.1 Å². The van der Waals surface area contributed by atoms with Crippen molar-refractivity contribution < 1.29 is 17.6 Å². The summed E-state index contributed by atoms with van der Waals surface area (Å²) in [6.45, 7) is 1.98. The van der Waals surface area contributed by atoms with Crippen LogP contribution in [0, 0.1) is 0 Å². The Balaban J connectivity index is 1.57. The zero-order chi connectivity index (χ0) is 22.6. The maximum absolute atomic E-state index is 12.8. The van der Waals surface area contributed by atoms with Crippen molar-refractivity contribution in [1.82, 2.24) is 10.3 Å². The van der Waals surface area contributed by atoms with E-state index in [1.807, 2.05) is 0 Å². The number of hydrogen-bond acceptors (Lipinski definition) is 5. The molecule has 0 spiro atoms. The summed E-state index contributed by atoms with van der Waals surface area (Å²) in [5, 5.41) is 2.99. The van der Waals surface area contributed by atoms with Gasteiger partial charge in [-0.3, -0.25) is 9.98 Å². The topological polar surface area (TPSA) is 96.4 Å². The lowest BCUT2D eigenvalue weighted by Crippen LogP contribution is -2.28. The van der Waals surface area contributed by atoms with Crippen molar-refractivity contribution in [1.29, 1.82) is 0 Å². The molecule has 0 aliphatic heterocycles. The van der Waals surface area contributed by atoms with Gasteiger partial charge in [0.2, 0.25) is 0 Å². The molecule has 3 rings (SSSR count). The third kappa shape index (κ3) is 6.25. The number of aromatic nitrogens is 1.